The number of aryl methyl sites for hydroxylation is 1. The molecule has 0 fully saturated rings. The Kier molecular flexibility index (Phi) is 9.62. The molecule has 1 N–H and O–H groups in total. The minimum atomic E-state index is -0.549. The first-order valence-corrected chi connectivity index (χ1v) is 11.5. The van der Waals surface area contributed by atoms with Crippen molar-refractivity contribution in [1.29, 1.82) is 0 Å². The lowest BCUT2D eigenvalue weighted by molar-refractivity contribution is -0.143. The van der Waals surface area contributed by atoms with Crippen molar-refractivity contribution in [2.24, 2.45) is 0 Å². The molecule has 2 aromatic carbocycles. The van der Waals surface area contributed by atoms with Crippen molar-refractivity contribution in [3.63, 3.8) is 0 Å². The van der Waals surface area contributed by atoms with Crippen molar-refractivity contribution in [1.82, 2.24) is 10.2 Å². The fourth-order valence-corrected chi connectivity index (χ4v) is 3.49. The van der Waals surface area contributed by atoms with E-state index in [1.165, 1.54) is 0 Å². The number of halogens is 1. The van der Waals surface area contributed by atoms with Gasteiger partial charge in [-0.05, 0) is 79.1 Å². The zero-order chi connectivity index (χ0) is 22.1. The number of nitrogens with zero attached hydrogens (tertiary/aromatic N) is 1. The molecule has 162 valence electrons. The summed E-state index contributed by atoms with van der Waals surface area (Å²) < 4.78 is 6.81. The topological polar surface area (TPSA) is 58.6 Å². The maximum absolute atomic E-state index is 13.2. The lowest BCUT2D eigenvalue weighted by Crippen LogP contribution is -2.51. The summed E-state index contributed by atoms with van der Waals surface area (Å²) in [5, 5.41) is 3.02. The van der Waals surface area contributed by atoms with E-state index in [-0.39, 0.29) is 24.5 Å². The summed E-state index contributed by atoms with van der Waals surface area (Å²) in [6.07, 6.45) is 1.37. The van der Waals surface area contributed by atoms with Crippen LogP contribution in [0, 0.1) is 10.5 Å². The van der Waals surface area contributed by atoms with Crippen LogP contribution >= 0.6 is 22.6 Å². The molecular weight excluding hydrogens is 491 g/mol. The molecule has 0 unspecified atom stereocenters. The summed E-state index contributed by atoms with van der Waals surface area (Å²) in [6.45, 7) is 8.19. The van der Waals surface area contributed by atoms with Crippen molar-refractivity contribution in [3.05, 3.63) is 63.2 Å². The Morgan fingerprint density at radius 3 is 2.40 bits per heavy atom. The predicted molar refractivity (Wildman–Crippen MR) is 128 cm³/mol. The van der Waals surface area contributed by atoms with Crippen LogP contribution in [0.3, 0.4) is 0 Å². The van der Waals surface area contributed by atoms with Gasteiger partial charge in [-0.25, -0.2) is 0 Å². The second-order valence-corrected chi connectivity index (χ2v) is 8.74. The zero-order valence-corrected chi connectivity index (χ0v) is 20.3. The van der Waals surface area contributed by atoms with Gasteiger partial charge in [-0.1, -0.05) is 43.7 Å². The molecule has 2 rings (SSSR count). The molecule has 0 aliphatic rings. The average Bonchev–Trinajstić information content (AvgIpc) is 2.72. The van der Waals surface area contributed by atoms with Crippen LogP contribution in [-0.2, 0) is 16.1 Å². The van der Waals surface area contributed by atoms with Crippen molar-refractivity contribution in [2.45, 2.75) is 59.2 Å². The molecule has 0 heterocycles. The van der Waals surface area contributed by atoms with Gasteiger partial charge >= 0.3 is 0 Å². The highest BCUT2D eigenvalue weighted by molar-refractivity contribution is 14.1. The summed E-state index contributed by atoms with van der Waals surface area (Å²) in [5.74, 6) is 0.305. The lowest BCUT2D eigenvalue weighted by atomic mass is 10.1. The number of rotatable bonds is 10. The van der Waals surface area contributed by atoms with E-state index in [0.29, 0.717) is 18.7 Å². The largest absolute Gasteiger partial charge is 0.484 e. The van der Waals surface area contributed by atoms with E-state index < -0.39 is 6.04 Å². The number of nitrogens with one attached hydrogen (secondary N) is 1. The molecule has 0 aliphatic carbocycles. The molecule has 2 atom stereocenters. The molecule has 0 spiro atoms. The summed E-state index contributed by atoms with van der Waals surface area (Å²) >= 11 is 2.22. The van der Waals surface area contributed by atoms with Crippen LogP contribution in [-0.4, -0.2) is 35.4 Å². The third-order valence-electron chi connectivity index (χ3n) is 5.00. The highest BCUT2D eigenvalue weighted by atomic mass is 127. The fraction of sp³-hybridized carbons (Fsp3) is 0.417. The normalized spacial score (nSPS) is 12.7. The van der Waals surface area contributed by atoms with Crippen molar-refractivity contribution in [3.8, 4) is 5.75 Å². The van der Waals surface area contributed by atoms with E-state index >= 15 is 0 Å². The Labute approximate surface area is 193 Å². The average molecular weight is 522 g/mol. The molecule has 30 heavy (non-hydrogen) atoms. The third-order valence-corrected chi connectivity index (χ3v) is 5.72. The SMILES string of the molecule is CC[C@H](C(=O)N[C@@H](C)CC)N(Cc1cccc(C)c1)C(=O)COc1ccc(I)cc1. The van der Waals surface area contributed by atoms with Crippen LogP contribution in [0.15, 0.2) is 48.5 Å². The monoisotopic (exact) mass is 522 g/mol. The third kappa shape index (κ3) is 7.31. The van der Waals surface area contributed by atoms with Gasteiger partial charge in [0.05, 0.1) is 0 Å². The second-order valence-electron chi connectivity index (χ2n) is 7.50. The molecule has 0 radical (unpaired) electrons. The number of carbonyl (C=O) groups is 2. The molecule has 2 amide bonds. The van der Waals surface area contributed by atoms with Gasteiger partial charge in [0.25, 0.3) is 5.91 Å². The highest BCUT2D eigenvalue weighted by Crippen LogP contribution is 2.16. The van der Waals surface area contributed by atoms with Crippen molar-refractivity contribution in [2.75, 3.05) is 6.61 Å². The standard InChI is InChI=1S/C24H31IN2O3/c1-5-18(4)26-24(29)22(6-2)27(15-19-9-7-8-17(3)14-19)23(28)16-30-21-12-10-20(25)11-13-21/h7-14,18,22H,5-6,15-16H2,1-4H3,(H,26,29)/t18-,22+/m0/s1. The molecular formula is C24H31IN2O3. The molecule has 6 heteroatoms. The summed E-state index contributed by atoms with van der Waals surface area (Å²) in [5.41, 5.74) is 2.11. The molecule has 0 aromatic heterocycles. The first-order chi connectivity index (χ1) is 14.3. The van der Waals surface area contributed by atoms with Crippen molar-refractivity contribution < 1.29 is 14.3 Å². The Hall–Kier alpha value is -2.09. The second kappa shape index (κ2) is 11.9. The number of hydrogen-bond donors (Lipinski definition) is 1. The minimum Gasteiger partial charge on any atom is -0.484 e. The van der Waals surface area contributed by atoms with Gasteiger partial charge in [0, 0.05) is 16.2 Å². The van der Waals surface area contributed by atoms with Crippen LogP contribution in [0.2, 0.25) is 0 Å². The Bertz CT molecular complexity index is 839. The van der Waals surface area contributed by atoms with Gasteiger partial charge in [0.15, 0.2) is 6.61 Å². The Morgan fingerprint density at radius 1 is 1.10 bits per heavy atom. The van der Waals surface area contributed by atoms with Crippen LogP contribution in [0.25, 0.3) is 0 Å². The van der Waals surface area contributed by atoms with Gasteiger partial charge in [0.2, 0.25) is 5.91 Å². The quantitative estimate of drug-likeness (QED) is 0.461. The first-order valence-electron chi connectivity index (χ1n) is 10.4. The first kappa shape index (κ1) is 24.2. The molecule has 0 saturated carbocycles. The molecule has 2 aromatic rings. The lowest BCUT2D eigenvalue weighted by Gasteiger charge is -2.31. The Balaban J connectivity index is 2.20. The van der Waals surface area contributed by atoms with E-state index in [1.54, 1.807) is 4.90 Å². The summed E-state index contributed by atoms with van der Waals surface area (Å²) in [6, 6.07) is 15.1. The molecule has 0 aliphatic heterocycles. The van der Waals surface area contributed by atoms with Gasteiger partial charge in [0.1, 0.15) is 11.8 Å². The maximum atomic E-state index is 13.2. The van der Waals surface area contributed by atoms with Crippen LogP contribution in [0.4, 0.5) is 0 Å². The van der Waals surface area contributed by atoms with E-state index in [4.69, 9.17) is 4.74 Å². The van der Waals surface area contributed by atoms with Gasteiger partial charge < -0.3 is 15.0 Å². The van der Waals surface area contributed by atoms with Gasteiger partial charge in [-0.3, -0.25) is 9.59 Å². The number of carbonyl (C=O) groups excluding carboxylic acids is 2. The van der Waals surface area contributed by atoms with Crippen molar-refractivity contribution >= 4 is 34.4 Å². The minimum absolute atomic E-state index is 0.0607. The Morgan fingerprint density at radius 2 is 1.80 bits per heavy atom. The van der Waals surface area contributed by atoms with E-state index in [1.807, 2.05) is 76.2 Å². The van der Waals surface area contributed by atoms with E-state index in [2.05, 4.69) is 27.9 Å². The maximum Gasteiger partial charge on any atom is 0.261 e. The van der Waals surface area contributed by atoms with Gasteiger partial charge in [-0.15, -0.1) is 0 Å². The number of hydrogen-bond acceptors (Lipinski definition) is 3. The molecule has 5 nitrogen and oxygen atoms in total. The number of amides is 2. The molecule has 0 bridgehead atoms. The summed E-state index contributed by atoms with van der Waals surface area (Å²) in [7, 11) is 0. The van der Waals surface area contributed by atoms with Crippen LogP contribution < -0.4 is 10.1 Å². The predicted octanol–water partition coefficient (Wildman–Crippen LogP) is 4.70. The van der Waals surface area contributed by atoms with Gasteiger partial charge in [-0.2, -0.15) is 0 Å². The van der Waals surface area contributed by atoms with Crippen LogP contribution in [0.1, 0.15) is 44.7 Å². The highest BCUT2D eigenvalue weighted by Gasteiger charge is 2.29. The van der Waals surface area contributed by atoms with E-state index in [9.17, 15) is 9.59 Å². The number of ether oxygens (including phenoxy) is 1. The zero-order valence-electron chi connectivity index (χ0n) is 18.2. The van der Waals surface area contributed by atoms with E-state index in [0.717, 1.165) is 21.1 Å². The summed E-state index contributed by atoms with van der Waals surface area (Å²) in [4.78, 5) is 27.7. The number of benzene rings is 2. The molecule has 0 saturated heterocycles. The van der Waals surface area contributed by atoms with Crippen LogP contribution in [0.5, 0.6) is 5.75 Å². The fourth-order valence-electron chi connectivity index (χ4n) is 3.13. The smallest absolute Gasteiger partial charge is 0.261 e.